The third-order valence-corrected chi connectivity index (χ3v) is 8.73. The molecule has 3 heterocycles. The number of sulfonamides is 1. The average molecular weight is 452 g/mol. The van der Waals surface area contributed by atoms with Gasteiger partial charge in [0.1, 0.15) is 17.4 Å². The Balaban J connectivity index is 1.29. The monoisotopic (exact) mass is 451 g/mol. The average Bonchev–Trinajstić information content (AvgIpc) is 3.09. The van der Waals surface area contributed by atoms with Gasteiger partial charge in [0.15, 0.2) is 5.65 Å². The molecule has 0 unspecified atom stereocenters. The van der Waals surface area contributed by atoms with Crippen LogP contribution in [0.25, 0.3) is 11.0 Å². The van der Waals surface area contributed by atoms with Gasteiger partial charge in [-0.3, -0.25) is 9.52 Å². The lowest BCUT2D eigenvalue weighted by Crippen LogP contribution is -2.43. The van der Waals surface area contributed by atoms with Gasteiger partial charge < -0.3 is 5.32 Å². The van der Waals surface area contributed by atoms with Gasteiger partial charge in [-0.2, -0.15) is 0 Å². The predicted octanol–water partition coefficient (Wildman–Crippen LogP) is 3.91. The number of hydrogen-bond donors (Lipinski definition) is 2. The van der Waals surface area contributed by atoms with Gasteiger partial charge >= 0.3 is 0 Å². The Morgan fingerprint density at radius 2 is 1.91 bits per heavy atom. The second-order valence-electron chi connectivity index (χ2n) is 9.33. The molecular weight excluding hydrogens is 426 g/mol. The Kier molecular flexibility index (Phi) is 4.70. The molecular formula is C23H25N5O3S. The van der Waals surface area contributed by atoms with Crippen molar-refractivity contribution in [3.63, 3.8) is 0 Å². The van der Waals surface area contributed by atoms with E-state index in [1.54, 1.807) is 18.3 Å². The molecule has 9 heteroatoms. The molecule has 5 rings (SSSR count). The minimum Gasteiger partial charge on any atom is -0.339 e. The third kappa shape index (κ3) is 3.40. The van der Waals surface area contributed by atoms with E-state index in [2.05, 4.69) is 25.0 Å². The van der Waals surface area contributed by atoms with Crippen LogP contribution in [0.4, 0.5) is 17.3 Å². The van der Waals surface area contributed by atoms with E-state index in [-0.39, 0.29) is 28.7 Å². The molecule has 8 nitrogen and oxygen atoms in total. The minimum atomic E-state index is -3.74. The van der Waals surface area contributed by atoms with Crippen molar-refractivity contribution in [2.75, 3.05) is 15.8 Å². The minimum absolute atomic E-state index is 0.0778. The van der Waals surface area contributed by atoms with Crippen LogP contribution in [0.15, 0.2) is 48.8 Å². The number of pyridine rings is 3. The molecule has 0 amide bonds. The molecule has 32 heavy (non-hydrogen) atoms. The van der Waals surface area contributed by atoms with Gasteiger partial charge in [-0.15, -0.1) is 0 Å². The summed E-state index contributed by atoms with van der Waals surface area (Å²) < 4.78 is 28.4. The van der Waals surface area contributed by atoms with Gasteiger partial charge in [-0.1, -0.05) is 13.8 Å². The third-order valence-electron chi connectivity index (χ3n) is 7.34. The van der Waals surface area contributed by atoms with Crippen LogP contribution >= 0.6 is 0 Å². The number of anilines is 3. The molecule has 2 bridgehead atoms. The van der Waals surface area contributed by atoms with E-state index in [4.69, 9.17) is 0 Å². The second-order valence-corrected chi connectivity index (χ2v) is 11.1. The Bertz CT molecular complexity index is 1310. The number of ketones is 1. The van der Waals surface area contributed by atoms with Crippen molar-refractivity contribution in [3.05, 3.63) is 48.8 Å². The fourth-order valence-corrected chi connectivity index (χ4v) is 7.16. The normalized spacial score (nSPS) is 24.1. The van der Waals surface area contributed by atoms with Crippen molar-refractivity contribution in [2.24, 2.45) is 16.7 Å². The first-order valence-corrected chi connectivity index (χ1v) is 12.3. The summed E-state index contributed by atoms with van der Waals surface area (Å²) in [5.74, 6) is 0.987. The van der Waals surface area contributed by atoms with Crippen molar-refractivity contribution in [2.45, 2.75) is 33.1 Å². The molecule has 0 spiro atoms. The van der Waals surface area contributed by atoms with Gasteiger partial charge in [0, 0.05) is 18.0 Å². The molecule has 2 N–H and O–H groups in total. The number of hydrogen-bond acceptors (Lipinski definition) is 7. The molecule has 3 aromatic rings. The summed E-state index contributed by atoms with van der Waals surface area (Å²) in [5.41, 5.74) is 0.190. The van der Waals surface area contributed by atoms with E-state index in [1.165, 1.54) is 6.20 Å². The number of carbonyl (C=O) groups excluding carboxylic acids is 1. The zero-order chi connectivity index (χ0) is 22.6. The first-order valence-electron chi connectivity index (χ1n) is 10.7. The number of fused-ring (bicyclic) bond motifs is 3. The molecule has 2 atom stereocenters. The van der Waals surface area contributed by atoms with Crippen LogP contribution in [0, 0.1) is 16.7 Å². The van der Waals surface area contributed by atoms with Crippen LogP contribution in [-0.4, -0.2) is 34.9 Å². The molecule has 166 valence electrons. The van der Waals surface area contributed by atoms with Crippen LogP contribution < -0.4 is 10.0 Å². The Hall–Kier alpha value is -3.07. The second kappa shape index (κ2) is 7.23. The zero-order valence-corrected chi connectivity index (χ0v) is 18.8. The van der Waals surface area contributed by atoms with Crippen LogP contribution in [0.1, 0.15) is 33.1 Å². The highest BCUT2D eigenvalue weighted by molar-refractivity contribution is 7.92. The molecule has 0 aliphatic heterocycles. The van der Waals surface area contributed by atoms with E-state index in [0.717, 1.165) is 11.8 Å². The Morgan fingerprint density at radius 3 is 2.59 bits per heavy atom. The maximum Gasteiger partial charge on any atom is 0.234 e. The van der Waals surface area contributed by atoms with Gasteiger partial charge in [-0.05, 0) is 60.6 Å². The predicted molar refractivity (Wildman–Crippen MR) is 123 cm³/mol. The highest BCUT2D eigenvalue weighted by atomic mass is 32.2. The van der Waals surface area contributed by atoms with E-state index < -0.39 is 15.4 Å². The molecule has 3 aromatic heterocycles. The highest BCUT2D eigenvalue weighted by Crippen LogP contribution is 2.64. The van der Waals surface area contributed by atoms with Crippen molar-refractivity contribution in [1.29, 1.82) is 0 Å². The number of Topliss-reactive ketones (excluding diaryl/α,β-unsaturated/α-hetero) is 1. The van der Waals surface area contributed by atoms with E-state index >= 15 is 0 Å². The van der Waals surface area contributed by atoms with Gasteiger partial charge in [-0.25, -0.2) is 23.4 Å². The summed E-state index contributed by atoms with van der Waals surface area (Å²) >= 11 is 0. The van der Waals surface area contributed by atoms with Crippen molar-refractivity contribution < 1.29 is 13.2 Å². The summed E-state index contributed by atoms with van der Waals surface area (Å²) in [4.78, 5) is 25.6. The van der Waals surface area contributed by atoms with Crippen molar-refractivity contribution >= 4 is 44.2 Å². The quantitative estimate of drug-likeness (QED) is 0.584. The zero-order valence-electron chi connectivity index (χ0n) is 18.0. The van der Waals surface area contributed by atoms with Gasteiger partial charge in [0.25, 0.3) is 0 Å². The van der Waals surface area contributed by atoms with E-state index in [1.807, 2.05) is 38.1 Å². The van der Waals surface area contributed by atoms with Crippen LogP contribution in [0.3, 0.4) is 0 Å². The largest absolute Gasteiger partial charge is 0.339 e. The molecule has 0 radical (unpaired) electrons. The van der Waals surface area contributed by atoms with E-state index in [9.17, 15) is 13.2 Å². The van der Waals surface area contributed by atoms with Crippen LogP contribution in [0.5, 0.6) is 0 Å². The molecule has 0 saturated heterocycles. The Morgan fingerprint density at radius 1 is 1.09 bits per heavy atom. The highest BCUT2D eigenvalue weighted by Gasteiger charge is 2.65. The summed E-state index contributed by atoms with van der Waals surface area (Å²) in [5, 5.41) is 4.09. The van der Waals surface area contributed by atoms with Crippen LogP contribution in [0.2, 0.25) is 0 Å². The number of nitrogens with one attached hydrogen (secondary N) is 2. The molecule has 2 saturated carbocycles. The summed E-state index contributed by atoms with van der Waals surface area (Å²) in [6.07, 6.45) is 5.25. The standard InChI is InChI=1S/C23H25N5O3S/c1-22(2)16-9-10-23(22,18(29)12-16)14-32(30,31)28-19-8-6-17(13-25-19)26-20-7-5-15-4-3-11-24-21(15)27-20/h3-8,11,13,16H,9-10,12,14H2,1-2H3,(H,25,28)(H,24,26,27)/t16-,23-/m1/s1. The lowest BCUT2D eigenvalue weighted by molar-refractivity contribution is -0.128. The summed E-state index contributed by atoms with van der Waals surface area (Å²) in [7, 11) is -3.74. The molecule has 2 fully saturated rings. The first kappa shape index (κ1) is 20.8. The molecule has 2 aliphatic rings. The summed E-state index contributed by atoms with van der Waals surface area (Å²) in [6, 6.07) is 10.9. The smallest absolute Gasteiger partial charge is 0.234 e. The lowest BCUT2D eigenvalue weighted by Gasteiger charge is -2.36. The first-order chi connectivity index (χ1) is 15.2. The van der Waals surface area contributed by atoms with Crippen LogP contribution in [-0.2, 0) is 14.8 Å². The molecule has 2 aliphatic carbocycles. The van der Waals surface area contributed by atoms with Gasteiger partial charge in [0.2, 0.25) is 10.0 Å². The number of carbonyl (C=O) groups is 1. The summed E-state index contributed by atoms with van der Waals surface area (Å²) in [6.45, 7) is 4.06. The van der Waals surface area contributed by atoms with E-state index in [0.29, 0.717) is 30.0 Å². The topological polar surface area (TPSA) is 114 Å². The molecule has 0 aromatic carbocycles. The maximum atomic E-state index is 12.9. The number of nitrogens with zero attached hydrogens (tertiary/aromatic N) is 3. The Labute approximate surface area is 186 Å². The number of rotatable bonds is 6. The maximum absolute atomic E-state index is 12.9. The SMILES string of the molecule is CC1(C)[C@@H]2CC[C@@]1(CS(=O)(=O)Nc1ccc(Nc3ccc4cccnc4n3)cn1)C(=O)C2. The fourth-order valence-electron chi connectivity index (χ4n) is 5.33. The van der Waals surface area contributed by atoms with Crippen molar-refractivity contribution in [1.82, 2.24) is 15.0 Å². The fraction of sp³-hybridized carbons (Fsp3) is 0.391. The lowest BCUT2D eigenvalue weighted by atomic mass is 9.70. The van der Waals surface area contributed by atoms with Gasteiger partial charge in [0.05, 0.1) is 23.1 Å². The number of aromatic nitrogens is 3. The van der Waals surface area contributed by atoms with Crippen molar-refractivity contribution in [3.8, 4) is 0 Å².